The van der Waals surface area contributed by atoms with Crippen molar-refractivity contribution in [2.75, 3.05) is 5.32 Å². The number of para-hydroxylation sites is 1. The monoisotopic (exact) mass is 430 g/mol. The van der Waals surface area contributed by atoms with Crippen molar-refractivity contribution in [3.63, 3.8) is 0 Å². The van der Waals surface area contributed by atoms with Crippen LogP contribution in [0.2, 0.25) is 0 Å². The lowest BCUT2D eigenvalue weighted by molar-refractivity contribution is -0.137. The molecular formula is C23H18N4O3S. The van der Waals surface area contributed by atoms with Gasteiger partial charge in [-0.25, -0.2) is 0 Å². The number of hydrogen-bond acceptors (Lipinski definition) is 5. The summed E-state index contributed by atoms with van der Waals surface area (Å²) in [6, 6.07) is 11.3. The maximum Gasteiger partial charge on any atom is 0.323 e. The predicted octanol–water partition coefficient (Wildman–Crippen LogP) is 4.08. The lowest BCUT2D eigenvalue weighted by Crippen LogP contribution is -2.13. The highest BCUT2D eigenvalue weighted by Crippen LogP contribution is 2.37. The van der Waals surface area contributed by atoms with Crippen molar-refractivity contribution >= 4 is 45.2 Å². The maximum absolute atomic E-state index is 12.8. The zero-order chi connectivity index (χ0) is 22.0. The van der Waals surface area contributed by atoms with Crippen LogP contribution in [-0.4, -0.2) is 21.6 Å². The SMILES string of the molecule is N#C/C(=C\c1cn(CC(=O)O)c2ccccc12)C(=O)Nc1sc2c(c1C#N)CCCC2. The van der Waals surface area contributed by atoms with E-state index in [-0.39, 0.29) is 12.1 Å². The Morgan fingerprint density at radius 3 is 2.74 bits per heavy atom. The fraction of sp³-hybridized carbons (Fsp3) is 0.217. The molecule has 7 nitrogen and oxygen atoms in total. The van der Waals surface area contributed by atoms with Crippen LogP contribution in [0.3, 0.4) is 0 Å². The van der Waals surface area contributed by atoms with Crippen molar-refractivity contribution in [1.82, 2.24) is 4.57 Å². The van der Waals surface area contributed by atoms with Gasteiger partial charge in [-0.3, -0.25) is 9.59 Å². The molecule has 154 valence electrons. The van der Waals surface area contributed by atoms with Crippen LogP contribution in [0, 0.1) is 22.7 Å². The number of carbonyl (C=O) groups is 2. The van der Waals surface area contributed by atoms with E-state index in [4.69, 9.17) is 5.11 Å². The van der Waals surface area contributed by atoms with E-state index >= 15 is 0 Å². The largest absolute Gasteiger partial charge is 0.480 e. The molecule has 0 unspecified atom stereocenters. The quantitative estimate of drug-likeness (QED) is 0.467. The van der Waals surface area contributed by atoms with Crippen molar-refractivity contribution in [1.29, 1.82) is 10.5 Å². The molecule has 0 saturated carbocycles. The Bertz CT molecular complexity index is 1320. The molecule has 2 heterocycles. The van der Waals surface area contributed by atoms with E-state index in [1.165, 1.54) is 17.4 Å². The number of fused-ring (bicyclic) bond motifs is 2. The van der Waals surface area contributed by atoms with Gasteiger partial charge in [0.15, 0.2) is 0 Å². The Balaban J connectivity index is 1.68. The number of nitrogens with zero attached hydrogens (tertiary/aromatic N) is 3. The number of anilines is 1. The minimum absolute atomic E-state index is 0.117. The number of carbonyl (C=O) groups excluding carboxylic acids is 1. The highest BCUT2D eigenvalue weighted by molar-refractivity contribution is 7.16. The number of nitrogens with one attached hydrogen (secondary N) is 1. The molecule has 1 aromatic carbocycles. The van der Waals surface area contributed by atoms with Crippen molar-refractivity contribution in [2.45, 2.75) is 32.2 Å². The second-order valence-electron chi connectivity index (χ2n) is 7.27. The van der Waals surface area contributed by atoms with Gasteiger partial charge in [0, 0.05) is 27.5 Å². The third-order valence-electron chi connectivity index (χ3n) is 5.30. The molecule has 0 radical (unpaired) electrons. The average molecular weight is 430 g/mol. The van der Waals surface area contributed by atoms with Crippen molar-refractivity contribution < 1.29 is 14.7 Å². The van der Waals surface area contributed by atoms with Gasteiger partial charge >= 0.3 is 5.97 Å². The molecule has 4 rings (SSSR count). The maximum atomic E-state index is 12.8. The van der Waals surface area contributed by atoms with Gasteiger partial charge in [0.1, 0.15) is 29.3 Å². The van der Waals surface area contributed by atoms with Crippen LogP contribution in [0.25, 0.3) is 17.0 Å². The predicted molar refractivity (Wildman–Crippen MR) is 117 cm³/mol. The first kappa shape index (κ1) is 20.4. The molecule has 2 N–H and O–H groups in total. The molecule has 31 heavy (non-hydrogen) atoms. The Hall–Kier alpha value is -3.88. The van der Waals surface area contributed by atoms with Crippen LogP contribution >= 0.6 is 11.3 Å². The van der Waals surface area contributed by atoms with E-state index in [2.05, 4.69) is 11.4 Å². The number of aryl methyl sites for hydroxylation is 1. The van der Waals surface area contributed by atoms with E-state index in [0.717, 1.165) is 41.5 Å². The summed E-state index contributed by atoms with van der Waals surface area (Å²) in [6.07, 6.45) is 6.89. The highest BCUT2D eigenvalue weighted by atomic mass is 32.1. The van der Waals surface area contributed by atoms with Crippen LogP contribution in [0.4, 0.5) is 5.00 Å². The number of aromatic nitrogens is 1. The number of nitriles is 2. The number of carboxylic acids is 1. The van der Waals surface area contributed by atoms with E-state index in [1.54, 1.807) is 22.9 Å². The molecule has 0 saturated heterocycles. The molecule has 3 aromatic rings. The standard InChI is InChI=1S/C23H18N4O3S/c24-10-14(9-15-12-27(13-21(28)29)19-7-3-1-5-16(15)19)22(30)26-23-18(11-25)17-6-2-4-8-20(17)31-23/h1,3,5,7,9,12H,2,4,6,8,13H2,(H,26,30)(H,28,29)/b14-9+. The van der Waals surface area contributed by atoms with Crippen molar-refractivity contribution in [2.24, 2.45) is 0 Å². The summed E-state index contributed by atoms with van der Waals surface area (Å²) in [6.45, 7) is -0.227. The fourth-order valence-electron chi connectivity index (χ4n) is 3.91. The van der Waals surface area contributed by atoms with Gasteiger partial charge in [-0.05, 0) is 43.4 Å². The first-order valence-corrected chi connectivity index (χ1v) is 10.6. The molecular weight excluding hydrogens is 412 g/mol. The Kier molecular flexibility index (Phi) is 5.57. The van der Waals surface area contributed by atoms with Gasteiger partial charge in [-0.15, -0.1) is 11.3 Å². The van der Waals surface area contributed by atoms with Crippen LogP contribution in [-0.2, 0) is 29.0 Å². The van der Waals surface area contributed by atoms with Crippen LogP contribution < -0.4 is 5.32 Å². The summed E-state index contributed by atoms with van der Waals surface area (Å²) < 4.78 is 1.57. The molecule has 0 aliphatic heterocycles. The third kappa shape index (κ3) is 3.94. The minimum Gasteiger partial charge on any atom is -0.480 e. The van der Waals surface area contributed by atoms with Crippen LogP contribution in [0.15, 0.2) is 36.0 Å². The van der Waals surface area contributed by atoms with E-state index in [0.29, 0.717) is 21.6 Å². The zero-order valence-electron chi connectivity index (χ0n) is 16.5. The van der Waals surface area contributed by atoms with Crippen molar-refractivity contribution in [3.8, 4) is 12.1 Å². The lowest BCUT2D eigenvalue weighted by atomic mass is 9.96. The lowest BCUT2D eigenvalue weighted by Gasteiger charge is -2.09. The second-order valence-corrected chi connectivity index (χ2v) is 8.38. The Labute approximate surface area is 182 Å². The summed E-state index contributed by atoms with van der Waals surface area (Å²) in [5, 5.41) is 32.3. The number of aliphatic carboxylic acids is 1. The Morgan fingerprint density at radius 1 is 1.23 bits per heavy atom. The van der Waals surface area contributed by atoms with Crippen LogP contribution in [0.5, 0.6) is 0 Å². The summed E-state index contributed by atoms with van der Waals surface area (Å²) >= 11 is 1.40. The number of rotatable bonds is 5. The number of benzene rings is 1. The summed E-state index contributed by atoms with van der Waals surface area (Å²) in [5.41, 5.74) is 2.66. The summed E-state index contributed by atoms with van der Waals surface area (Å²) in [5.74, 6) is -1.58. The van der Waals surface area contributed by atoms with Crippen molar-refractivity contribution in [3.05, 3.63) is 57.6 Å². The molecule has 1 amide bonds. The van der Waals surface area contributed by atoms with E-state index in [1.807, 2.05) is 18.2 Å². The topological polar surface area (TPSA) is 119 Å². The van der Waals surface area contributed by atoms with E-state index < -0.39 is 11.9 Å². The van der Waals surface area contributed by atoms with Gasteiger partial charge < -0.3 is 15.0 Å². The second kappa shape index (κ2) is 8.47. The number of hydrogen-bond donors (Lipinski definition) is 2. The fourth-order valence-corrected chi connectivity index (χ4v) is 5.15. The molecule has 0 bridgehead atoms. The van der Waals surface area contributed by atoms with Gasteiger partial charge in [0.2, 0.25) is 0 Å². The van der Waals surface area contributed by atoms with Crippen LogP contribution in [0.1, 0.15) is 34.4 Å². The minimum atomic E-state index is -0.986. The molecule has 0 fully saturated rings. The van der Waals surface area contributed by atoms with Gasteiger partial charge in [-0.1, -0.05) is 18.2 Å². The Morgan fingerprint density at radius 2 is 2.00 bits per heavy atom. The molecule has 8 heteroatoms. The molecule has 0 atom stereocenters. The summed E-state index contributed by atoms with van der Waals surface area (Å²) in [7, 11) is 0. The molecule has 1 aliphatic carbocycles. The zero-order valence-corrected chi connectivity index (χ0v) is 17.3. The third-order valence-corrected chi connectivity index (χ3v) is 6.51. The highest BCUT2D eigenvalue weighted by Gasteiger charge is 2.23. The van der Waals surface area contributed by atoms with Gasteiger partial charge in [0.05, 0.1) is 5.56 Å². The number of amides is 1. The summed E-state index contributed by atoms with van der Waals surface area (Å²) in [4.78, 5) is 25.1. The van der Waals surface area contributed by atoms with Gasteiger partial charge in [-0.2, -0.15) is 10.5 Å². The first-order valence-electron chi connectivity index (χ1n) is 9.79. The normalized spacial score (nSPS) is 13.3. The number of thiophene rings is 1. The molecule has 1 aliphatic rings. The first-order chi connectivity index (χ1) is 15.0. The smallest absolute Gasteiger partial charge is 0.323 e. The molecule has 2 aromatic heterocycles. The average Bonchev–Trinajstić information content (AvgIpc) is 3.29. The van der Waals surface area contributed by atoms with Gasteiger partial charge in [0.25, 0.3) is 5.91 Å². The van der Waals surface area contributed by atoms with E-state index in [9.17, 15) is 20.1 Å². The number of carboxylic acid groups (broad SMARTS) is 1. The molecule has 0 spiro atoms.